The average Bonchev–Trinajstić information content (AvgIpc) is 2.29. The summed E-state index contributed by atoms with van der Waals surface area (Å²) < 4.78 is 0. The predicted octanol–water partition coefficient (Wildman–Crippen LogP) is 0.480. The molecule has 2 N–H and O–H groups in total. The first-order chi connectivity index (χ1) is 7.63. The van der Waals surface area contributed by atoms with E-state index in [-0.39, 0.29) is 11.8 Å². The monoisotopic (exact) mass is 220 g/mol. The Morgan fingerprint density at radius 3 is 2.44 bits per heavy atom. The van der Waals surface area contributed by atoms with E-state index in [1.165, 1.54) is 0 Å². The van der Waals surface area contributed by atoms with Gasteiger partial charge in [0.05, 0.1) is 6.42 Å². The van der Waals surface area contributed by atoms with E-state index < -0.39 is 6.04 Å². The van der Waals surface area contributed by atoms with Crippen molar-refractivity contribution >= 4 is 11.8 Å². The van der Waals surface area contributed by atoms with Crippen LogP contribution in [0.3, 0.4) is 0 Å². The normalized spacial score (nSPS) is 11.6. The molecule has 0 unspecified atom stereocenters. The number of hydrogen-bond acceptors (Lipinski definition) is 2. The van der Waals surface area contributed by atoms with Crippen molar-refractivity contribution in [3.05, 3.63) is 35.9 Å². The first-order valence-corrected chi connectivity index (χ1v) is 5.18. The lowest BCUT2D eigenvalue weighted by molar-refractivity contribution is -0.128. The highest BCUT2D eigenvalue weighted by atomic mass is 16.2. The zero-order valence-electron chi connectivity index (χ0n) is 9.49. The van der Waals surface area contributed by atoms with E-state index in [4.69, 9.17) is 0 Å². The van der Waals surface area contributed by atoms with Crippen molar-refractivity contribution in [2.24, 2.45) is 0 Å². The van der Waals surface area contributed by atoms with E-state index in [2.05, 4.69) is 10.6 Å². The van der Waals surface area contributed by atoms with Crippen LogP contribution in [-0.4, -0.2) is 24.9 Å². The summed E-state index contributed by atoms with van der Waals surface area (Å²) >= 11 is 0. The molecule has 16 heavy (non-hydrogen) atoms. The lowest BCUT2D eigenvalue weighted by Crippen LogP contribution is -2.44. The molecule has 0 fully saturated rings. The van der Waals surface area contributed by atoms with Crippen molar-refractivity contribution in [1.82, 2.24) is 10.6 Å². The van der Waals surface area contributed by atoms with Crippen LogP contribution in [-0.2, 0) is 16.0 Å². The van der Waals surface area contributed by atoms with Gasteiger partial charge in [-0.1, -0.05) is 30.3 Å². The number of nitrogens with one attached hydrogen (secondary N) is 2. The van der Waals surface area contributed by atoms with Crippen molar-refractivity contribution in [2.75, 3.05) is 7.05 Å². The molecule has 0 radical (unpaired) electrons. The molecule has 4 heteroatoms. The van der Waals surface area contributed by atoms with Gasteiger partial charge in [-0.3, -0.25) is 9.59 Å². The molecule has 4 nitrogen and oxygen atoms in total. The van der Waals surface area contributed by atoms with Crippen molar-refractivity contribution < 1.29 is 9.59 Å². The molecule has 0 spiro atoms. The van der Waals surface area contributed by atoms with E-state index in [0.29, 0.717) is 6.42 Å². The van der Waals surface area contributed by atoms with Crippen molar-refractivity contribution in [2.45, 2.75) is 19.4 Å². The van der Waals surface area contributed by atoms with Crippen molar-refractivity contribution in [3.8, 4) is 0 Å². The molecule has 1 rings (SSSR count). The van der Waals surface area contributed by atoms with Crippen LogP contribution in [0, 0.1) is 0 Å². The van der Waals surface area contributed by atoms with Crippen molar-refractivity contribution in [1.29, 1.82) is 0 Å². The van der Waals surface area contributed by atoms with Gasteiger partial charge in [-0.05, 0) is 12.5 Å². The fourth-order valence-corrected chi connectivity index (χ4v) is 1.36. The molecule has 0 aromatic heterocycles. The van der Waals surface area contributed by atoms with Crippen LogP contribution in [0.5, 0.6) is 0 Å². The maximum atomic E-state index is 11.6. The van der Waals surface area contributed by atoms with Gasteiger partial charge in [-0.2, -0.15) is 0 Å². The van der Waals surface area contributed by atoms with Gasteiger partial charge in [0.2, 0.25) is 11.8 Å². The number of carbonyl (C=O) groups is 2. The first-order valence-electron chi connectivity index (χ1n) is 5.18. The molecule has 1 atom stereocenters. The fraction of sp³-hybridized carbons (Fsp3) is 0.333. The highest BCUT2D eigenvalue weighted by Gasteiger charge is 2.13. The molecule has 0 heterocycles. The summed E-state index contributed by atoms with van der Waals surface area (Å²) in [5.74, 6) is -0.344. The summed E-state index contributed by atoms with van der Waals surface area (Å²) in [6.45, 7) is 1.65. The molecular weight excluding hydrogens is 204 g/mol. The molecule has 0 saturated carbocycles. The predicted molar refractivity (Wildman–Crippen MR) is 61.8 cm³/mol. The molecule has 0 aliphatic heterocycles. The molecule has 86 valence electrons. The highest BCUT2D eigenvalue weighted by molar-refractivity contribution is 5.87. The third kappa shape index (κ3) is 3.73. The number of rotatable bonds is 4. The van der Waals surface area contributed by atoms with Gasteiger partial charge in [-0.15, -0.1) is 0 Å². The summed E-state index contributed by atoms with van der Waals surface area (Å²) in [4.78, 5) is 22.7. The van der Waals surface area contributed by atoms with Crippen LogP contribution in [0.4, 0.5) is 0 Å². The van der Waals surface area contributed by atoms with Gasteiger partial charge in [0.25, 0.3) is 0 Å². The smallest absolute Gasteiger partial charge is 0.242 e. The third-order valence-electron chi connectivity index (χ3n) is 2.22. The van der Waals surface area contributed by atoms with E-state index in [0.717, 1.165) is 5.56 Å². The summed E-state index contributed by atoms with van der Waals surface area (Å²) in [6.07, 6.45) is 0.294. The number of hydrogen-bond donors (Lipinski definition) is 2. The Hall–Kier alpha value is -1.84. The second-order valence-electron chi connectivity index (χ2n) is 3.57. The van der Waals surface area contributed by atoms with Gasteiger partial charge in [0.15, 0.2) is 0 Å². The van der Waals surface area contributed by atoms with Crippen LogP contribution in [0.1, 0.15) is 12.5 Å². The Labute approximate surface area is 95.0 Å². The van der Waals surface area contributed by atoms with Crippen LogP contribution in [0.25, 0.3) is 0 Å². The number of benzene rings is 1. The molecular formula is C12H16N2O2. The molecule has 2 amide bonds. The standard InChI is InChI=1S/C12H16N2O2/c1-9(12(16)13-2)14-11(15)8-10-6-4-3-5-7-10/h3-7,9H,8H2,1-2H3,(H,13,16)(H,14,15)/t9-/m1/s1. The quantitative estimate of drug-likeness (QED) is 0.775. The minimum absolute atomic E-state index is 0.151. The van der Waals surface area contributed by atoms with Crippen molar-refractivity contribution in [3.63, 3.8) is 0 Å². The third-order valence-corrected chi connectivity index (χ3v) is 2.22. The molecule has 1 aromatic carbocycles. The topological polar surface area (TPSA) is 58.2 Å². The zero-order valence-corrected chi connectivity index (χ0v) is 9.49. The average molecular weight is 220 g/mol. The van der Waals surface area contributed by atoms with Crippen LogP contribution in [0.2, 0.25) is 0 Å². The zero-order chi connectivity index (χ0) is 12.0. The number of amides is 2. The van der Waals surface area contributed by atoms with Gasteiger partial charge >= 0.3 is 0 Å². The fourth-order valence-electron chi connectivity index (χ4n) is 1.36. The second-order valence-corrected chi connectivity index (χ2v) is 3.57. The van der Waals surface area contributed by atoms with Gasteiger partial charge < -0.3 is 10.6 Å². The van der Waals surface area contributed by atoms with E-state index in [1.54, 1.807) is 14.0 Å². The van der Waals surface area contributed by atoms with Gasteiger partial charge in [-0.25, -0.2) is 0 Å². The lowest BCUT2D eigenvalue weighted by atomic mass is 10.1. The Bertz CT molecular complexity index is 363. The van der Waals surface area contributed by atoms with Crippen LogP contribution in [0.15, 0.2) is 30.3 Å². The summed E-state index contributed by atoms with van der Waals surface area (Å²) in [5, 5.41) is 5.11. The molecule has 0 saturated heterocycles. The van der Waals surface area contributed by atoms with Gasteiger partial charge in [0, 0.05) is 7.05 Å². The summed E-state index contributed by atoms with van der Waals surface area (Å²) in [5.41, 5.74) is 0.934. The van der Waals surface area contributed by atoms with Gasteiger partial charge in [0.1, 0.15) is 6.04 Å². The highest BCUT2D eigenvalue weighted by Crippen LogP contribution is 1.99. The Morgan fingerprint density at radius 2 is 1.88 bits per heavy atom. The Balaban J connectivity index is 2.45. The molecule has 1 aromatic rings. The Kier molecular flexibility index (Phi) is 4.51. The largest absolute Gasteiger partial charge is 0.357 e. The maximum absolute atomic E-state index is 11.6. The maximum Gasteiger partial charge on any atom is 0.242 e. The minimum atomic E-state index is -0.499. The minimum Gasteiger partial charge on any atom is -0.357 e. The SMILES string of the molecule is CNC(=O)[C@@H](C)NC(=O)Cc1ccccc1. The van der Waals surface area contributed by atoms with Crippen LogP contribution >= 0.6 is 0 Å². The number of carbonyl (C=O) groups excluding carboxylic acids is 2. The summed E-state index contributed by atoms with van der Waals surface area (Å²) in [6, 6.07) is 8.92. The number of likely N-dealkylation sites (N-methyl/N-ethyl adjacent to an activating group) is 1. The lowest BCUT2D eigenvalue weighted by Gasteiger charge is -2.12. The first kappa shape index (κ1) is 12.2. The van der Waals surface area contributed by atoms with E-state index >= 15 is 0 Å². The van der Waals surface area contributed by atoms with E-state index in [1.807, 2.05) is 30.3 Å². The van der Waals surface area contributed by atoms with Crippen LogP contribution < -0.4 is 10.6 Å². The molecule has 0 aliphatic rings. The Morgan fingerprint density at radius 1 is 1.25 bits per heavy atom. The van der Waals surface area contributed by atoms with E-state index in [9.17, 15) is 9.59 Å². The summed E-state index contributed by atoms with van der Waals surface area (Å²) in [7, 11) is 1.54. The second kappa shape index (κ2) is 5.90. The molecule has 0 bridgehead atoms. The molecule has 0 aliphatic carbocycles.